The van der Waals surface area contributed by atoms with E-state index in [0.717, 1.165) is 33.9 Å². The average molecular weight is 271 g/mol. The average Bonchev–Trinajstić information content (AvgIpc) is 2.99. The maximum atomic E-state index is 5.24. The number of ether oxygens (including phenoxy) is 1. The molecule has 0 aliphatic heterocycles. The van der Waals surface area contributed by atoms with Crippen molar-refractivity contribution in [3.8, 4) is 17.1 Å². The summed E-state index contributed by atoms with van der Waals surface area (Å²) in [6, 6.07) is 7.83. The van der Waals surface area contributed by atoms with Gasteiger partial charge in [0.1, 0.15) is 11.6 Å². The monoisotopic (exact) mass is 271 g/mol. The van der Waals surface area contributed by atoms with Gasteiger partial charge in [-0.05, 0) is 29.6 Å². The highest BCUT2D eigenvalue weighted by Crippen LogP contribution is 2.28. The molecule has 0 bridgehead atoms. The van der Waals surface area contributed by atoms with E-state index in [9.17, 15) is 0 Å². The largest absolute Gasteiger partial charge is 0.497 e. The van der Waals surface area contributed by atoms with E-state index >= 15 is 0 Å². The van der Waals surface area contributed by atoms with Gasteiger partial charge in [-0.3, -0.25) is 0 Å². The standard InChI is InChI=1S/C14H13N3OS/c1-15-14-11-7-10(18-2)3-4-12(11)16-13(17-14)9-5-6-19-8-9/h3-8H,1-2H3,(H,15,16,17). The molecule has 0 fully saturated rings. The van der Waals surface area contributed by atoms with E-state index in [1.807, 2.05) is 42.1 Å². The smallest absolute Gasteiger partial charge is 0.162 e. The zero-order valence-electron chi connectivity index (χ0n) is 10.7. The Kier molecular flexibility index (Phi) is 3.05. The van der Waals surface area contributed by atoms with Gasteiger partial charge in [-0.25, -0.2) is 9.97 Å². The third kappa shape index (κ3) is 2.13. The molecule has 3 rings (SSSR count). The van der Waals surface area contributed by atoms with Crippen LogP contribution in [0.3, 0.4) is 0 Å². The molecule has 0 spiro atoms. The second kappa shape index (κ2) is 4.85. The topological polar surface area (TPSA) is 47.0 Å². The van der Waals surface area contributed by atoms with Crippen LogP contribution in [0.4, 0.5) is 5.82 Å². The first kappa shape index (κ1) is 11.9. The molecule has 3 aromatic rings. The minimum atomic E-state index is 0.739. The molecule has 2 aromatic heterocycles. The second-order valence-corrected chi connectivity index (χ2v) is 4.82. The molecule has 0 saturated heterocycles. The summed E-state index contributed by atoms with van der Waals surface area (Å²) < 4.78 is 5.24. The lowest BCUT2D eigenvalue weighted by Crippen LogP contribution is -1.98. The fourth-order valence-electron chi connectivity index (χ4n) is 1.95. The molecule has 0 aliphatic carbocycles. The van der Waals surface area contributed by atoms with Crippen molar-refractivity contribution in [2.45, 2.75) is 0 Å². The van der Waals surface area contributed by atoms with Crippen LogP contribution in [-0.4, -0.2) is 24.1 Å². The zero-order chi connectivity index (χ0) is 13.2. The lowest BCUT2D eigenvalue weighted by atomic mass is 10.2. The molecule has 1 N–H and O–H groups in total. The molecule has 0 saturated carbocycles. The molecule has 0 unspecified atom stereocenters. The number of fused-ring (bicyclic) bond motifs is 1. The highest BCUT2D eigenvalue weighted by Gasteiger charge is 2.09. The van der Waals surface area contributed by atoms with Gasteiger partial charge >= 0.3 is 0 Å². The molecule has 0 amide bonds. The van der Waals surface area contributed by atoms with Crippen molar-refractivity contribution in [1.29, 1.82) is 0 Å². The minimum Gasteiger partial charge on any atom is -0.497 e. The third-order valence-electron chi connectivity index (χ3n) is 2.92. The lowest BCUT2D eigenvalue weighted by Gasteiger charge is -2.08. The second-order valence-electron chi connectivity index (χ2n) is 4.04. The molecule has 0 atom stereocenters. The Morgan fingerprint density at radius 2 is 2.11 bits per heavy atom. The molecular weight excluding hydrogens is 258 g/mol. The quantitative estimate of drug-likeness (QED) is 0.793. The SMILES string of the molecule is CNc1nc(-c2ccsc2)nc2ccc(OC)cc12. The highest BCUT2D eigenvalue weighted by molar-refractivity contribution is 7.08. The Labute approximate surface area is 115 Å². The van der Waals surface area contributed by atoms with Crippen LogP contribution >= 0.6 is 11.3 Å². The van der Waals surface area contributed by atoms with Crippen LogP contribution in [0.15, 0.2) is 35.0 Å². The maximum absolute atomic E-state index is 5.24. The molecule has 5 heteroatoms. The van der Waals surface area contributed by atoms with E-state index in [1.54, 1.807) is 18.4 Å². The zero-order valence-corrected chi connectivity index (χ0v) is 11.5. The number of anilines is 1. The predicted molar refractivity (Wildman–Crippen MR) is 78.9 cm³/mol. The normalized spacial score (nSPS) is 10.6. The number of nitrogens with zero attached hydrogens (tertiary/aromatic N) is 2. The van der Waals surface area contributed by atoms with Gasteiger partial charge in [0.15, 0.2) is 5.82 Å². The van der Waals surface area contributed by atoms with Gasteiger partial charge in [0.2, 0.25) is 0 Å². The summed E-state index contributed by atoms with van der Waals surface area (Å²) in [6.45, 7) is 0. The number of hydrogen-bond acceptors (Lipinski definition) is 5. The number of aromatic nitrogens is 2. The van der Waals surface area contributed by atoms with Gasteiger partial charge in [0.05, 0.1) is 12.6 Å². The number of rotatable bonds is 3. The number of hydrogen-bond donors (Lipinski definition) is 1. The van der Waals surface area contributed by atoms with Gasteiger partial charge in [0.25, 0.3) is 0 Å². The summed E-state index contributed by atoms with van der Waals surface area (Å²) in [5.74, 6) is 2.35. The summed E-state index contributed by atoms with van der Waals surface area (Å²) in [7, 11) is 3.51. The molecule has 0 radical (unpaired) electrons. The van der Waals surface area contributed by atoms with Crippen LogP contribution in [0, 0.1) is 0 Å². The molecule has 19 heavy (non-hydrogen) atoms. The first-order chi connectivity index (χ1) is 9.31. The summed E-state index contributed by atoms with van der Waals surface area (Å²) in [4.78, 5) is 9.17. The Morgan fingerprint density at radius 3 is 2.79 bits per heavy atom. The Morgan fingerprint density at radius 1 is 1.21 bits per heavy atom. The first-order valence-corrected chi connectivity index (χ1v) is 6.82. The molecule has 2 heterocycles. The van der Waals surface area contributed by atoms with E-state index in [0.29, 0.717) is 0 Å². The van der Waals surface area contributed by atoms with E-state index in [-0.39, 0.29) is 0 Å². The van der Waals surface area contributed by atoms with Crippen molar-refractivity contribution in [1.82, 2.24) is 9.97 Å². The molecule has 4 nitrogen and oxygen atoms in total. The Balaban J connectivity index is 2.24. The van der Waals surface area contributed by atoms with Gasteiger partial charge in [-0.1, -0.05) is 0 Å². The van der Waals surface area contributed by atoms with Crippen molar-refractivity contribution in [3.63, 3.8) is 0 Å². The molecular formula is C14H13N3OS. The van der Waals surface area contributed by atoms with E-state index in [1.165, 1.54) is 0 Å². The number of methoxy groups -OCH3 is 1. The van der Waals surface area contributed by atoms with Crippen molar-refractivity contribution < 1.29 is 4.74 Å². The Bertz CT molecular complexity index is 710. The van der Waals surface area contributed by atoms with E-state index < -0.39 is 0 Å². The summed E-state index contributed by atoms with van der Waals surface area (Å²) in [5.41, 5.74) is 1.94. The van der Waals surface area contributed by atoms with Gasteiger partial charge in [-0.2, -0.15) is 11.3 Å². The first-order valence-electron chi connectivity index (χ1n) is 5.88. The van der Waals surface area contributed by atoms with Crippen LogP contribution in [-0.2, 0) is 0 Å². The summed E-state index contributed by atoms with van der Waals surface area (Å²) >= 11 is 1.64. The number of nitrogens with one attached hydrogen (secondary N) is 1. The van der Waals surface area contributed by atoms with E-state index in [4.69, 9.17) is 4.74 Å². The van der Waals surface area contributed by atoms with Gasteiger partial charge in [0, 0.05) is 23.4 Å². The van der Waals surface area contributed by atoms with Crippen molar-refractivity contribution in [2.75, 3.05) is 19.5 Å². The van der Waals surface area contributed by atoms with E-state index in [2.05, 4.69) is 15.3 Å². The van der Waals surface area contributed by atoms with Crippen molar-refractivity contribution in [2.24, 2.45) is 0 Å². The maximum Gasteiger partial charge on any atom is 0.162 e. The van der Waals surface area contributed by atoms with Crippen LogP contribution in [0.5, 0.6) is 5.75 Å². The van der Waals surface area contributed by atoms with Gasteiger partial charge < -0.3 is 10.1 Å². The summed E-state index contributed by atoms with van der Waals surface area (Å²) in [6.07, 6.45) is 0. The van der Waals surface area contributed by atoms with Crippen LogP contribution in [0.2, 0.25) is 0 Å². The molecule has 1 aromatic carbocycles. The van der Waals surface area contributed by atoms with Crippen molar-refractivity contribution in [3.05, 3.63) is 35.0 Å². The summed E-state index contributed by atoms with van der Waals surface area (Å²) in [5, 5.41) is 8.15. The lowest BCUT2D eigenvalue weighted by molar-refractivity contribution is 0.415. The third-order valence-corrected chi connectivity index (χ3v) is 3.60. The predicted octanol–water partition coefficient (Wildman–Crippen LogP) is 3.41. The highest BCUT2D eigenvalue weighted by atomic mass is 32.1. The van der Waals surface area contributed by atoms with Crippen LogP contribution in [0.1, 0.15) is 0 Å². The minimum absolute atomic E-state index is 0.739. The molecule has 0 aliphatic rings. The number of thiophene rings is 1. The Hall–Kier alpha value is -2.14. The molecule has 96 valence electrons. The fourth-order valence-corrected chi connectivity index (χ4v) is 2.58. The number of benzene rings is 1. The van der Waals surface area contributed by atoms with Gasteiger partial charge in [-0.15, -0.1) is 0 Å². The van der Waals surface area contributed by atoms with Crippen molar-refractivity contribution >= 4 is 28.1 Å². The fraction of sp³-hybridized carbons (Fsp3) is 0.143. The van der Waals surface area contributed by atoms with Crippen LogP contribution < -0.4 is 10.1 Å². The van der Waals surface area contributed by atoms with Crippen LogP contribution in [0.25, 0.3) is 22.3 Å².